The number of nitrogens with zero attached hydrogens (tertiary/aromatic N) is 1. The lowest BCUT2D eigenvalue weighted by atomic mass is 9.95. The van der Waals surface area contributed by atoms with Crippen molar-refractivity contribution in [2.75, 3.05) is 0 Å². The molecule has 1 fully saturated rings. The fraction of sp³-hybridized carbons (Fsp3) is 0.615. The van der Waals surface area contributed by atoms with Gasteiger partial charge in [-0.3, -0.25) is 14.4 Å². The number of ether oxygens (including phenoxy) is 1. The maximum absolute atomic E-state index is 14.0. The molecule has 1 aromatic rings. The van der Waals surface area contributed by atoms with Gasteiger partial charge in [-0.25, -0.2) is 4.79 Å². The van der Waals surface area contributed by atoms with Gasteiger partial charge >= 0.3 is 6.09 Å². The molecule has 0 heterocycles. The first-order chi connectivity index (χ1) is 16.2. The van der Waals surface area contributed by atoms with Crippen LogP contribution in [0.15, 0.2) is 18.2 Å². The highest BCUT2D eigenvalue weighted by atomic mass is 16.6. The number of aryl methyl sites for hydroxylation is 2. The van der Waals surface area contributed by atoms with Gasteiger partial charge in [0.2, 0.25) is 17.7 Å². The lowest BCUT2D eigenvalue weighted by Gasteiger charge is -2.35. The van der Waals surface area contributed by atoms with Gasteiger partial charge < -0.3 is 26.0 Å². The van der Waals surface area contributed by atoms with Gasteiger partial charge in [0.05, 0.1) is 0 Å². The molecule has 1 aliphatic carbocycles. The Kier molecular flexibility index (Phi) is 9.29. The summed E-state index contributed by atoms with van der Waals surface area (Å²) in [5.74, 6) is -1.32. The summed E-state index contributed by atoms with van der Waals surface area (Å²) in [6.45, 7) is 12.7. The highest BCUT2D eigenvalue weighted by Crippen LogP contribution is 2.37. The molecule has 4 N–H and O–H groups in total. The Morgan fingerprint density at radius 3 is 2.26 bits per heavy atom. The second-order valence-electron chi connectivity index (χ2n) is 10.6. The monoisotopic (exact) mass is 488 g/mol. The molecule has 1 aromatic carbocycles. The number of rotatable bonds is 10. The molecule has 35 heavy (non-hydrogen) atoms. The van der Waals surface area contributed by atoms with E-state index < -0.39 is 35.6 Å². The minimum atomic E-state index is -1.07. The molecular weight excluding hydrogens is 448 g/mol. The normalized spacial score (nSPS) is 15.2. The van der Waals surface area contributed by atoms with Crippen LogP contribution in [-0.2, 0) is 19.1 Å². The van der Waals surface area contributed by atoms with Crippen molar-refractivity contribution >= 4 is 23.8 Å². The van der Waals surface area contributed by atoms with Crippen LogP contribution < -0.4 is 16.4 Å². The average Bonchev–Trinajstić information content (AvgIpc) is 3.53. The lowest BCUT2D eigenvalue weighted by Crippen LogP contribution is -2.54. The first-order valence-corrected chi connectivity index (χ1v) is 12.2. The number of benzene rings is 1. The van der Waals surface area contributed by atoms with E-state index >= 15 is 0 Å². The van der Waals surface area contributed by atoms with Gasteiger partial charge in [0, 0.05) is 18.5 Å². The third kappa shape index (κ3) is 8.56. The summed E-state index contributed by atoms with van der Waals surface area (Å²) in [5, 5.41) is 5.56. The number of alkyl carbamates (subject to hydrolysis) is 1. The van der Waals surface area contributed by atoms with E-state index in [1.165, 1.54) is 0 Å². The first-order valence-electron chi connectivity index (χ1n) is 12.2. The number of nitrogens with one attached hydrogen (secondary N) is 2. The maximum Gasteiger partial charge on any atom is 0.408 e. The summed E-state index contributed by atoms with van der Waals surface area (Å²) in [4.78, 5) is 53.1. The fourth-order valence-electron chi connectivity index (χ4n) is 3.88. The molecule has 2 rings (SSSR count). The molecular formula is C26H40N4O5. The molecule has 0 aromatic heterocycles. The van der Waals surface area contributed by atoms with Crippen LogP contribution in [0.5, 0.6) is 0 Å². The van der Waals surface area contributed by atoms with Crippen molar-refractivity contribution in [3.05, 3.63) is 34.9 Å². The fourth-order valence-corrected chi connectivity index (χ4v) is 3.88. The standard InChI is InChI=1S/C26H40N4O5/c1-15(2)28-23(32)22(19-14-16(3)8-9-17(19)4)30(18-10-11-18)24(33)20(12-13-21(27)31)29-25(34)35-26(5,6)7/h8-9,14-15,18,20,22H,10-13H2,1-7H3,(H2,27,31)(H,28,32)(H,29,34). The van der Waals surface area contributed by atoms with Crippen LogP contribution in [0.1, 0.15) is 83.0 Å². The van der Waals surface area contributed by atoms with E-state index in [0.717, 1.165) is 29.5 Å². The van der Waals surface area contributed by atoms with E-state index in [1.54, 1.807) is 25.7 Å². The number of nitrogens with two attached hydrogens (primary N) is 1. The van der Waals surface area contributed by atoms with Gasteiger partial charge in [0.15, 0.2) is 0 Å². The lowest BCUT2D eigenvalue weighted by molar-refractivity contribution is -0.143. The van der Waals surface area contributed by atoms with Gasteiger partial charge in [-0.05, 0) is 78.9 Å². The largest absolute Gasteiger partial charge is 0.444 e. The summed E-state index contributed by atoms with van der Waals surface area (Å²) >= 11 is 0. The molecule has 1 saturated carbocycles. The van der Waals surface area contributed by atoms with Crippen LogP contribution in [0.4, 0.5) is 4.79 Å². The van der Waals surface area contributed by atoms with Crippen molar-refractivity contribution in [3.63, 3.8) is 0 Å². The Labute approximate surface area is 208 Å². The Balaban J connectivity index is 2.49. The average molecular weight is 489 g/mol. The second-order valence-corrected chi connectivity index (χ2v) is 10.6. The van der Waals surface area contributed by atoms with Gasteiger partial charge in [-0.15, -0.1) is 0 Å². The maximum atomic E-state index is 14.0. The molecule has 2 unspecified atom stereocenters. The third-order valence-corrected chi connectivity index (χ3v) is 5.55. The Bertz CT molecular complexity index is 950. The molecule has 194 valence electrons. The van der Waals surface area contributed by atoms with Crippen LogP contribution in [-0.4, -0.2) is 52.4 Å². The van der Waals surface area contributed by atoms with Gasteiger partial charge in [0.1, 0.15) is 17.7 Å². The predicted octanol–water partition coefficient (Wildman–Crippen LogP) is 3.02. The number of hydrogen-bond acceptors (Lipinski definition) is 5. The Hall–Kier alpha value is -3.10. The number of carbonyl (C=O) groups is 4. The zero-order valence-electron chi connectivity index (χ0n) is 21.9. The number of primary amides is 1. The SMILES string of the molecule is Cc1ccc(C)c(C(C(=O)NC(C)C)N(C(=O)C(CCC(N)=O)NC(=O)OC(C)(C)C)C2CC2)c1. The molecule has 0 spiro atoms. The molecule has 0 radical (unpaired) electrons. The molecule has 1 aliphatic rings. The summed E-state index contributed by atoms with van der Waals surface area (Å²) in [7, 11) is 0. The summed E-state index contributed by atoms with van der Waals surface area (Å²) in [5.41, 5.74) is 7.15. The van der Waals surface area contributed by atoms with E-state index in [-0.39, 0.29) is 30.8 Å². The van der Waals surface area contributed by atoms with E-state index in [1.807, 2.05) is 45.9 Å². The van der Waals surface area contributed by atoms with Gasteiger partial charge in [-0.2, -0.15) is 0 Å². The minimum absolute atomic E-state index is 0.00193. The van der Waals surface area contributed by atoms with Crippen molar-refractivity contribution < 1.29 is 23.9 Å². The topological polar surface area (TPSA) is 131 Å². The quantitative estimate of drug-likeness (QED) is 0.466. The smallest absolute Gasteiger partial charge is 0.408 e. The molecule has 0 aliphatic heterocycles. The molecule has 0 saturated heterocycles. The number of carbonyl (C=O) groups excluding carboxylic acids is 4. The predicted molar refractivity (Wildman–Crippen MR) is 133 cm³/mol. The van der Waals surface area contributed by atoms with E-state index in [0.29, 0.717) is 0 Å². The van der Waals surface area contributed by atoms with Crippen molar-refractivity contribution in [3.8, 4) is 0 Å². The molecule has 9 heteroatoms. The van der Waals surface area contributed by atoms with Crippen molar-refractivity contribution in [2.45, 2.75) is 104 Å². The molecule has 9 nitrogen and oxygen atoms in total. The van der Waals surface area contributed by atoms with E-state index in [2.05, 4.69) is 10.6 Å². The van der Waals surface area contributed by atoms with Crippen LogP contribution >= 0.6 is 0 Å². The second kappa shape index (κ2) is 11.6. The van der Waals surface area contributed by atoms with Crippen LogP contribution in [0, 0.1) is 13.8 Å². The summed E-state index contributed by atoms with van der Waals surface area (Å²) in [6.07, 6.45) is 0.624. The van der Waals surface area contributed by atoms with Gasteiger partial charge in [0.25, 0.3) is 0 Å². The van der Waals surface area contributed by atoms with Crippen LogP contribution in [0.2, 0.25) is 0 Å². The zero-order chi connectivity index (χ0) is 26.5. The highest BCUT2D eigenvalue weighted by molar-refractivity contribution is 5.93. The minimum Gasteiger partial charge on any atom is -0.444 e. The van der Waals surface area contributed by atoms with Crippen molar-refractivity contribution in [1.29, 1.82) is 0 Å². The molecule has 4 amide bonds. The summed E-state index contributed by atoms with van der Waals surface area (Å²) < 4.78 is 5.34. The van der Waals surface area contributed by atoms with Crippen molar-refractivity contribution in [1.82, 2.24) is 15.5 Å². The Morgan fingerprint density at radius 1 is 1.11 bits per heavy atom. The number of amides is 4. The van der Waals surface area contributed by atoms with Crippen LogP contribution in [0.3, 0.4) is 0 Å². The third-order valence-electron chi connectivity index (χ3n) is 5.55. The van der Waals surface area contributed by atoms with Gasteiger partial charge in [-0.1, -0.05) is 23.8 Å². The highest BCUT2D eigenvalue weighted by Gasteiger charge is 2.44. The van der Waals surface area contributed by atoms with E-state index in [4.69, 9.17) is 10.5 Å². The first kappa shape index (κ1) is 28.1. The molecule has 0 bridgehead atoms. The van der Waals surface area contributed by atoms with Crippen molar-refractivity contribution in [2.24, 2.45) is 5.73 Å². The van der Waals surface area contributed by atoms with Crippen LogP contribution in [0.25, 0.3) is 0 Å². The van der Waals surface area contributed by atoms with E-state index in [9.17, 15) is 19.2 Å². The Morgan fingerprint density at radius 2 is 1.74 bits per heavy atom. The molecule has 2 atom stereocenters. The number of hydrogen-bond donors (Lipinski definition) is 3. The summed E-state index contributed by atoms with van der Waals surface area (Å²) in [6, 6.07) is 3.57. The zero-order valence-corrected chi connectivity index (χ0v) is 21.9.